The molecule has 1 rings (SSSR count). The van der Waals surface area contributed by atoms with Gasteiger partial charge in [0.15, 0.2) is 0 Å². The van der Waals surface area contributed by atoms with Gasteiger partial charge in [-0.05, 0) is 31.1 Å². The van der Waals surface area contributed by atoms with Gasteiger partial charge in [0.05, 0.1) is 0 Å². The Morgan fingerprint density at radius 1 is 1.25 bits per heavy atom. The average Bonchev–Trinajstić information content (AvgIpc) is 2.24. The van der Waals surface area contributed by atoms with Gasteiger partial charge in [-0.2, -0.15) is 0 Å². The Morgan fingerprint density at radius 3 is 2.44 bits per heavy atom. The van der Waals surface area contributed by atoms with Gasteiger partial charge in [0.25, 0.3) is 0 Å². The van der Waals surface area contributed by atoms with Crippen LogP contribution in [0, 0.1) is 0 Å². The minimum Gasteiger partial charge on any atom is -0.326 e. The minimum absolute atomic E-state index is 1.11. The van der Waals surface area contributed by atoms with Crippen LogP contribution in [0.5, 0.6) is 0 Å². The summed E-state index contributed by atoms with van der Waals surface area (Å²) in [5, 5.41) is 0. The monoisotopic (exact) mass is 233 g/mol. The van der Waals surface area contributed by atoms with Crippen LogP contribution in [0.2, 0.25) is 19.6 Å². The molecule has 0 spiro atoms. The Labute approximate surface area is 101 Å². The standard InChI is InChI=1S/C14H23NSi/c1-6-13-9-7-8-10-14(13)11-12-15(2)16(3,4)5/h6-10H,1,11-12H2,2-5H3. The highest BCUT2D eigenvalue weighted by Gasteiger charge is 2.19. The van der Waals surface area contributed by atoms with E-state index in [1.807, 2.05) is 6.08 Å². The van der Waals surface area contributed by atoms with Crippen molar-refractivity contribution in [3.8, 4) is 0 Å². The third-order valence-corrected chi connectivity index (χ3v) is 5.65. The van der Waals surface area contributed by atoms with Crippen LogP contribution in [0.3, 0.4) is 0 Å². The van der Waals surface area contributed by atoms with Gasteiger partial charge in [-0.15, -0.1) is 0 Å². The molecule has 0 aliphatic heterocycles. The highest BCUT2D eigenvalue weighted by Crippen LogP contribution is 2.13. The summed E-state index contributed by atoms with van der Waals surface area (Å²) in [7, 11) is 1.10. The van der Waals surface area contributed by atoms with Crippen LogP contribution in [-0.2, 0) is 6.42 Å². The Balaban J connectivity index is 2.64. The van der Waals surface area contributed by atoms with E-state index in [9.17, 15) is 0 Å². The molecule has 0 saturated heterocycles. The Hall–Kier alpha value is -0.863. The van der Waals surface area contributed by atoms with Crippen LogP contribution in [0.1, 0.15) is 11.1 Å². The van der Waals surface area contributed by atoms with Gasteiger partial charge in [-0.3, -0.25) is 0 Å². The fraction of sp³-hybridized carbons (Fsp3) is 0.429. The van der Waals surface area contributed by atoms with Crippen molar-refractivity contribution in [1.29, 1.82) is 0 Å². The van der Waals surface area contributed by atoms with E-state index in [-0.39, 0.29) is 0 Å². The summed E-state index contributed by atoms with van der Waals surface area (Å²) < 4.78 is 2.52. The van der Waals surface area contributed by atoms with E-state index in [2.05, 4.69) is 62.1 Å². The molecular formula is C14H23NSi. The molecule has 1 nitrogen and oxygen atoms in total. The molecule has 0 aliphatic rings. The lowest BCUT2D eigenvalue weighted by atomic mass is 10.0. The van der Waals surface area contributed by atoms with Crippen molar-refractivity contribution in [3.63, 3.8) is 0 Å². The summed E-state index contributed by atoms with van der Waals surface area (Å²) in [6, 6.07) is 8.52. The molecule has 0 aliphatic carbocycles. The summed E-state index contributed by atoms with van der Waals surface area (Å²) >= 11 is 0. The summed E-state index contributed by atoms with van der Waals surface area (Å²) in [6.45, 7) is 12.1. The van der Waals surface area contributed by atoms with Crippen LogP contribution in [-0.4, -0.2) is 26.4 Å². The van der Waals surface area contributed by atoms with Crippen LogP contribution in [0.15, 0.2) is 30.8 Å². The van der Waals surface area contributed by atoms with Crippen LogP contribution < -0.4 is 0 Å². The molecule has 1 aromatic rings. The fourth-order valence-corrected chi connectivity index (χ4v) is 2.37. The third-order valence-electron chi connectivity index (χ3n) is 3.14. The van der Waals surface area contributed by atoms with Gasteiger partial charge in [0, 0.05) is 0 Å². The number of benzene rings is 1. The first-order valence-corrected chi connectivity index (χ1v) is 9.31. The van der Waals surface area contributed by atoms with E-state index < -0.39 is 8.24 Å². The summed E-state index contributed by atoms with van der Waals surface area (Å²) in [5.41, 5.74) is 2.68. The van der Waals surface area contributed by atoms with Crippen molar-refractivity contribution < 1.29 is 0 Å². The molecule has 2 heteroatoms. The van der Waals surface area contributed by atoms with Crippen molar-refractivity contribution in [1.82, 2.24) is 4.57 Å². The first kappa shape index (κ1) is 13.2. The summed E-state index contributed by atoms with van der Waals surface area (Å²) in [6.07, 6.45) is 3.06. The fourth-order valence-electron chi connectivity index (χ4n) is 1.58. The lowest BCUT2D eigenvalue weighted by Crippen LogP contribution is -2.44. The molecule has 0 radical (unpaired) electrons. The van der Waals surface area contributed by atoms with Crippen molar-refractivity contribution in [2.75, 3.05) is 13.6 Å². The van der Waals surface area contributed by atoms with E-state index >= 15 is 0 Å². The van der Waals surface area contributed by atoms with Crippen LogP contribution in [0.25, 0.3) is 6.08 Å². The molecule has 88 valence electrons. The van der Waals surface area contributed by atoms with Gasteiger partial charge in [0.1, 0.15) is 8.24 Å². The van der Waals surface area contributed by atoms with Crippen molar-refractivity contribution in [2.24, 2.45) is 0 Å². The van der Waals surface area contributed by atoms with E-state index in [0.29, 0.717) is 0 Å². The van der Waals surface area contributed by atoms with E-state index in [0.717, 1.165) is 13.0 Å². The molecule has 0 saturated carbocycles. The molecular weight excluding hydrogens is 210 g/mol. The zero-order valence-corrected chi connectivity index (χ0v) is 12.0. The quantitative estimate of drug-likeness (QED) is 0.702. The Kier molecular flexibility index (Phi) is 4.51. The maximum Gasteiger partial charge on any atom is 0.118 e. The number of nitrogens with zero attached hydrogens (tertiary/aromatic N) is 1. The number of hydrogen-bond donors (Lipinski definition) is 0. The van der Waals surface area contributed by atoms with Gasteiger partial charge >= 0.3 is 0 Å². The van der Waals surface area contributed by atoms with Crippen molar-refractivity contribution in [3.05, 3.63) is 42.0 Å². The maximum atomic E-state index is 3.86. The molecule has 0 unspecified atom stereocenters. The molecule has 0 heterocycles. The molecule has 1 aromatic carbocycles. The van der Waals surface area contributed by atoms with E-state index in [1.165, 1.54) is 11.1 Å². The molecule has 0 bridgehead atoms. The predicted molar refractivity (Wildman–Crippen MR) is 76.2 cm³/mol. The number of rotatable bonds is 5. The van der Waals surface area contributed by atoms with Gasteiger partial charge < -0.3 is 4.57 Å². The van der Waals surface area contributed by atoms with E-state index in [4.69, 9.17) is 0 Å². The average molecular weight is 233 g/mol. The molecule has 0 atom stereocenters. The van der Waals surface area contributed by atoms with E-state index in [1.54, 1.807) is 0 Å². The molecule has 0 fully saturated rings. The van der Waals surface area contributed by atoms with Crippen molar-refractivity contribution >= 4 is 14.3 Å². The second kappa shape index (κ2) is 5.46. The number of likely N-dealkylation sites (N-methyl/N-ethyl adjacent to an activating group) is 1. The zero-order chi connectivity index (χ0) is 12.2. The molecule has 0 amide bonds. The topological polar surface area (TPSA) is 3.24 Å². The van der Waals surface area contributed by atoms with Crippen LogP contribution >= 0.6 is 0 Å². The SMILES string of the molecule is C=Cc1ccccc1CCN(C)[Si](C)(C)C. The first-order chi connectivity index (χ1) is 7.45. The first-order valence-electron chi connectivity index (χ1n) is 5.86. The third kappa shape index (κ3) is 3.61. The largest absolute Gasteiger partial charge is 0.326 e. The normalized spacial score (nSPS) is 11.8. The van der Waals surface area contributed by atoms with Crippen LogP contribution in [0.4, 0.5) is 0 Å². The summed E-state index contributed by atoms with van der Waals surface area (Å²) in [4.78, 5) is 0. The van der Waals surface area contributed by atoms with Gasteiger partial charge in [0.2, 0.25) is 0 Å². The lowest BCUT2D eigenvalue weighted by Gasteiger charge is -2.30. The number of hydrogen-bond acceptors (Lipinski definition) is 1. The molecule has 16 heavy (non-hydrogen) atoms. The Morgan fingerprint density at radius 2 is 1.88 bits per heavy atom. The smallest absolute Gasteiger partial charge is 0.118 e. The highest BCUT2D eigenvalue weighted by atomic mass is 28.3. The molecule has 0 N–H and O–H groups in total. The molecule has 0 aromatic heterocycles. The second-order valence-electron chi connectivity index (χ2n) is 5.25. The second-order valence-corrected chi connectivity index (χ2v) is 10.4. The van der Waals surface area contributed by atoms with Gasteiger partial charge in [-0.25, -0.2) is 0 Å². The Bertz CT molecular complexity index is 352. The van der Waals surface area contributed by atoms with Crippen molar-refractivity contribution in [2.45, 2.75) is 26.1 Å². The minimum atomic E-state index is -1.13. The maximum absolute atomic E-state index is 3.86. The highest BCUT2D eigenvalue weighted by molar-refractivity contribution is 6.73. The predicted octanol–water partition coefficient (Wildman–Crippen LogP) is 3.64. The lowest BCUT2D eigenvalue weighted by molar-refractivity contribution is 0.512. The summed E-state index contributed by atoms with van der Waals surface area (Å²) in [5.74, 6) is 0. The van der Waals surface area contributed by atoms with Gasteiger partial charge in [-0.1, -0.05) is 56.6 Å². The zero-order valence-electron chi connectivity index (χ0n) is 11.0.